The van der Waals surface area contributed by atoms with E-state index in [4.69, 9.17) is 21.4 Å². The van der Waals surface area contributed by atoms with Gasteiger partial charge in [0.15, 0.2) is 0 Å². The Bertz CT molecular complexity index is 210. The molecule has 0 radical (unpaired) electrons. The lowest BCUT2D eigenvalue weighted by atomic mass is 10.2. The van der Waals surface area contributed by atoms with E-state index < -0.39 is 5.38 Å². The Labute approximate surface area is 88.8 Å². The summed E-state index contributed by atoms with van der Waals surface area (Å²) in [4.78, 5) is 13.3. The molecule has 1 heterocycles. The van der Waals surface area contributed by atoms with Crippen LogP contribution in [0.15, 0.2) is 0 Å². The summed E-state index contributed by atoms with van der Waals surface area (Å²) in [7, 11) is 0. The van der Waals surface area contributed by atoms with E-state index in [-0.39, 0.29) is 24.7 Å². The van der Waals surface area contributed by atoms with Crippen molar-refractivity contribution < 1.29 is 14.6 Å². The first-order valence-corrected chi connectivity index (χ1v) is 5.17. The van der Waals surface area contributed by atoms with Gasteiger partial charge in [0.25, 0.3) is 0 Å². The molecule has 5 heteroatoms. The Balaban J connectivity index is 2.60. The third-order valence-corrected chi connectivity index (χ3v) is 2.52. The first-order valence-electron chi connectivity index (χ1n) is 4.73. The number of hydrogen-bond acceptors (Lipinski definition) is 3. The fourth-order valence-electron chi connectivity index (χ4n) is 1.46. The minimum Gasteiger partial charge on any atom is -0.394 e. The first-order chi connectivity index (χ1) is 6.56. The summed E-state index contributed by atoms with van der Waals surface area (Å²) >= 11 is 5.72. The predicted octanol–water partition coefficient (Wildman–Crippen LogP) is 0.222. The van der Waals surface area contributed by atoms with Crippen molar-refractivity contribution >= 4 is 17.5 Å². The lowest BCUT2D eigenvalue weighted by Gasteiger charge is -2.38. The molecule has 0 aromatic heterocycles. The molecule has 14 heavy (non-hydrogen) atoms. The van der Waals surface area contributed by atoms with Crippen molar-refractivity contribution in [2.75, 3.05) is 19.8 Å². The first kappa shape index (κ1) is 11.8. The average molecular weight is 222 g/mol. The van der Waals surface area contributed by atoms with Crippen LogP contribution in [0.2, 0.25) is 0 Å². The van der Waals surface area contributed by atoms with Gasteiger partial charge in [-0.15, -0.1) is 11.6 Å². The number of hydrogen-bond donors (Lipinski definition) is 1. The van der Waals surface area contributed by atoms with Crippen LogP contribution in [-0.4, -0.2) is 53.2 Å². The van der Waals surface area contributed by atoms with Crippen LogP contribution in [0, 0.1) is 0 Å². The van der Waals surface area contributed by atoms with Crippen molar-refractivity contribution in [2.24, 2.45) is 0 Å². The lowest BCUT2D eigenvalue weighted by molar-refractivity contribution is -0.145. The van der Waals surface area contributed by atoms with E-state index in [2.05, 4.69) is 0 Å². The van der Waals surface area contributed by atoms with Gasteiger partial charge in [0, 0.05) is 6.54 Å². The van der Waals surface area contributed by atoms with Crippen LogP contribution in [0.5, 0.6) is 0 Å². The summed E-state index contributed by atoms with van der Waals surface area (Å²) in [6.45, 7) is 4.38. The van der Waals surface area contributed by atoms with Crippen molar-refractivity contribution in [3.8, 4) is 0 Å². The summed E-state index contributed by atoms with van der Waals surface area (Å²) in [6, 6.07) is 0.0338. The molecule has 0 saturated carbocycles. The second-order valence-corrected chi connectivity index (χ2v) is 4.25. The van der Waals surface area contributed by atoms with E-state index in [0.717, 1.165) is 0 Å². The van der Waals surface area contributed by atoms with Gasteiger partial charge in [-0.2, -0.15) is 0 Å². The Morgan fingerprint density at radius 2 is 2.43 bits per heavy atom. The molecular weight excluding hydrogens is 206 g/mol. The van der Waals surface area contributed by atoms with E-state index in [1.807, 2.05) is 6.92 Å². The summed E-state index contributed by atoms with van der Waals surface area (Å²) in [5.74, 6) is -0.0964. The molecule has 1 amide bonds. The Hall–Kier alpha value is -0.320. The van der Waals surface area contributed by atoms with Crippen LogP contribution in [-0.2, 0) is 9.53 Å². The molecule has 4 nitrogen and oxygen atoms in total. The Kier molecular flexibility index (Phi) is 4.16. The molecule has 3 atom stereocenters. The fourth-order valence-corrected chi connectivity index (χ4v) is 1.59. The SMILES string of the molecule is CC(Cl)C(=O)N1CC(CO)OCC1C. The van der Waals surface area contributed by atoms with Gasteiger partial charge in [0.1, 0.15) is 5.38 Å². The second kappa shape index (κ2) is 4.96. The van der Waals surface area contributed by atoms with E-state index in [9.17, 15) is 4.79 Å². The van der Waals surface area contributed by atoms with Gasteiger partial charge >= 0.3 is 0 Å². The number of amides is 1. The number of aliphatic hydroxyl groups excluding tert-OH is 1. The molecular formula is C9H16ClNO3. The number of halogens is 1. The molecule has 1 rings (SSSR count). The van der Waals surface area contributed by atoms with Crippen LogP contribution in [0.25, 0.3) is 0 Å². The molecule has 0 bridgehead atoms. The fraction of sp³-hybridized carbons (Fsp3) is 0.889. The monoisotopic (exact) mass is 221 g/mol. The largest absolute Gasteiger partial charge is 0.394 e. The normalized spacial score (nSPS) is 30.1. The van der Waals surface area contributed by atoms with Gasteiger partial charge in [-0.05, 0) is 13.8 Å². The van der Waals surface area contributed by atoms with Gasteiger partial charge in [-0.25, -0.2) is 0 Å². The van der Waals surface area contributed by atoms with Crippen molar-refractivity contribution in [1.82, 2.24) is 4.90 Å². The molecule has 1 N–H and O–H groups in total. The van der Waals surface area contributed by atoms with E-state index in [1.54, 1.807) is 11.8 Å². The maximum Gasteiger partial charge on any atom is 0.240 e. The molecule has 82 valence electrons. The van der Waals surface area contributed by atoms with Gasteiger partial charge in [-0.1, -0.05) is 0 Å². The molecule has 1 aliphatic heterocycles. The number of rotatable bonds is 2. The number of nitrogens with zero attached hydrogens (tertiary/aromatic N) is 1. The quantitative estimate of drug-likeness (QED) is 0.679. The maximum absolute atomic E-state index is 11.6. The molecule has 0 aliphatic carbocycles. The molecule has 0 aromatic carbocycles. The summed E-state index contributed by atoms with van der Waals surface area (Å²) in [6.07, 6.45) is -0.273. The van der Waals surface area contributed by atoms with E-state index in [1.165, 1.54) is 0 Å². The Morgan fingerprint density at radius 1 is 1.79 bits per heavy atom. The standard InChI is InChI=1S/C9H16ClNO3/c1-6-5-14-8(4-12)3-11(6)9(13)7(2)10/h6-8,12H,3-5H2,1-2H3. The molecule has 1 aliphatic rings. The minimum atomic E-state index is -0.519. The van der Waals surface area contributed by atoms with Crippen molar-refractivity contribution in [2.45, 2.75) is 31.4 Å². The van der Waals surface area contributed by atoms with Gasteiger partial charge in [-0.3, -0.25) is 4.79 Å². The molecule has 1 fully saturated rings. The topological polar surface area (TPSA) is 49.8 Å². The minimum absolute atomic E-state index is 0.0338. The number of alkyl halides is 1. The van der Waals surface area contributed by atoms with Gasteiger partial charge in [0.05, 0.1) is 25.4 Å². The molecule has 3 unspecified atom stereocenters. The third-order valence-electron chi connectivity index (χ3n) is 2.33. The molecule has 1 saturated heterocycles. The van der Waals surface area contributed by atoms with Crippen molar-refractivity contribution in [3.05, 3.63) is 0 Å². The average Bonchev–Trinajstić information content (AvgIpc) is 2.17. The van der Waals surface area contributed by atoms with Crippen LogP contribution < -0.4 is 0 Å². The van der Waals surface area contributed by atoms with Crippen molar-refractivity contribution in [3.63, 3.8) is 0 Å². The summed E-state index contributed by atoms with van der Waals surface area (Å²) in [5.41, 5.74) is 0. The van der Waals surface area contributed by atoms with Crippen LogP contribution in [0.1, 0.15) is 13.8 Å². The van der Waals surface area contributed by atoms with Crippen LogP contribution in [0.4, 0.5) is 0 Å². The second-order valence-electron chi connectivity index (χ2n) is 3.59. The predicted molar refractivity (Wildman–Crippen MR) is 53.3 cm³/mol. The van der Waals surface area contributed by atoms with Crippen molar-refractivity contribution in [1.29, 1.82) is 0 Å². The zero-order valence-corrected chi connectivity index (χ0v) is 9.20. The number of carbonyl (C=O) groups excluding carboxylic acids is 1. The number of morpholine rings is 1. The summed E-state index contributed by atoms with van der Waals surface area (Å²) < 4.78 is 5.31. The summed E-state index contributed by atoms with van der Waals surface area (Å²) in [5, 5.41) is 8.40. The highest BCUT2D eigenvalue weighted by molar-refractivity contribution is 6.30. The zero-order valence-electron chi connectivity index (χ0n) is 8.44. The molecule has 0 aromatic rings. The van der Waals surface area contributed by atoms with Gasteiger partial charge in [0.2, 0.25) is 5.91 Å². The lowest BCUT2D eigenvalue weighted by Crippen LogP contribution is -2.53. The number of ether oxygens (including phenoxy) is 1. The van der Waals surface area contributed by atoms with Crippen LogP contribution in [0.3, 0.4) is 0 Å². The zero-order chi connectivity index (χ0) is 10.7. The van der Waals surface area contributed by atoms with Crippen LogP contribution >= 0.6 is 11.6 Å². The van der Waals surface area contributed by atoms with Gasteiger partial charge < -0.3 is 14.7 Å². The van der Waals surface area contributed by atoms with E-state index in [0.29, 0.717) is 13.2 Å². The highest BCUT2D eigenvalue weighted by Gasteiger charge is 2.30. The molecule has 0 spiro atoms. The number of aliphatic hydroxyl groups is 1. The Morgan fingerprint density at radius 3 is 2.93 bits per heavy atom. The van der Waals surface area contributed by atoms with E-state index >= 15 is 0 Å². The smallest absolute Gasteiger partial charge is 0.240 e. The third kappa shape index (κ3) is 2.59. The maximum atomic E-state index is 11.6. The number of carbonyl (C=O) groups is 1. The highest BCUT2D eigenvalue weighted by atomic mass is 35.5. The highest BCUT2D eigenvalue weighted by Crippen LogP contribution is 2.14.